The molecule has 0 amide bonds. The zero-order chi connectivity index (χ0) is 9.02. The van der Waals surface area contributed by atoms with E-state index < -0.39 is 0 Å². The van der Waals surface area contributed by atoms with Gasteiger partial charge in [-0.3, -0.25) is 4.79 Å². The summed E-state index contributed by atoms with van der Waals surface area (Å²) in [5.74, 6) is 1.37. The number of rotatable bonds is 4. The number of ketones is 1. The van der Waals surface area contributed by atoms with Gasteiger partial charge in [0.2, 0.25) is 0 Å². The quantitative estimate of drug-likeness (QED) is 0.611. The van der Waals surface area contributed by atoms with Crippen LogP contribution in [0.15, 0.2) is 0 Å². The van der Waals surface area contributed by atoms with Gasteiger partial charge in [-0.2, -0.15) is 0 Å². The highest BCUT2D eigenvalue weighted by Gasteiger charge is 2.20. The van der Waals surface area contributed by atoms with Gasteiger partial charge >= 0.3 is 0 Å². The van der Waals surface area contributed by atoms with Crippen LogP contribution in [-0.2, 0) is 4.79 Å². The summed E-state index contributed by atoms with van der Waals surface area (Å²) in [6, 6.07) is 0. The van der Waals surface area contributed by atoms with Crippen molar-refractivity contribution in [1.29, 1.82) is 0 Å². The van der Waals surface area contributed by atoms with Gasteiger partial charge in [-0.05, 0) is 12.3 Å². The second-order valence-electron chi connectivity index (χ2n) is 3.74. The van der Waals surface area contributed by atoms with Gasteiger partial charge in [0, 0.05) is 11.8 Å². The maximum atomic E-state index is 11.5. The predicted octanol–water partition coefficient (Wildman–Crippen LogP) is 2.89. The first kappa shape index (κ1) is 10.7. The number of Topliss-reactive ketones (excluding diaryl/α,β-unsaturated/α-hetero) is 1. The molecular formula is C10H20O. The Labute approximate surface area is 70.2 Å². The van der Waals surface area contributed by atoms with Gasteiger partial charge in [0.1, 0.15) is 5.78 Å². The molecule has 66 valence electrons. The zero-order valence-electron chi connectivity index (χ0n) is 8.35. The van der Waals surface area contributed by atoms with Crippen molar-refractivity contribution >= 4 is 5.78 Å². The minimum atomic E-state index is 0.227. The fraction of sp³-hybridized carbons (Fsp3) is 0.900. The van der Waals surface area contributed by atoms with Crippen molar-refractivity contribution in [2.45, 2.75) is 41.0 Å². The van der Waals surface area contributed by atoms with Gasteiger partial charge in [-0.15, -0.1) is 0 Å². The highest BCUT2D eigenvalue weighted by atomic mass is 16.1. The van der Waals surface area contributed by atoms with Crippen LogP contribution in [0.4, 0.5) is 0 Å². The summed E-state index contributed by atoms with van der Waals surface area (Å²) in [7, 11) is 0. The van der Waals surface area contributed by atoms with Crippen LogP contribution in [0.2, 0.25) is 0 Å². The van der Waals surface area contributed by atoms with Gasteiger partial charge in [0.05, 0.1) is 0 Å². The molecule has 0 saturated heterocycles. The second kappa shape index (κ2) is 4.53. The lowest BCUT2D eigenvalue weighted by Gasteiger charge is -2.17. The van der Waals surface area contributed by atoms with E-state index in [0.29, 0.717) is 11.7 Å². The SMILES string of the molecule is CCC(C)C(=O)C(C)C(C)C. The molecule has 0 aromatic carbocycles. The summed E-state index contributed by atoms with van der Waals surface area (Å²) in [6.07, 6.45) is 0.968. The molecule has 0 fully saturated rings. The first-order chi connectivity index (χ1) is 5.00. The van der Waals surface area contributed by atoms with E-state index in [1.165, 1.54) is 0 Å². The summed E-state index contributed by atoms with van der Waals surface area (Å²) < 4.78 is 0. The third kappa shape index (κ3) is 3.04. The van der Waals surface area contributed by atoms with Crippen LogP contribution < -0.4 is 0 Å². The Balaban J connectivity index is 4.02. The molecule has 1 nitrogen and oxygen atoms in total. The molecule has 0 aromatic heterocycles. The summed E-state index contributed by atoms with van der Waals surface area (Å²) >= 11 is 0. The Bertz CT molecular complexity index is 127. The first-order valence-electron chi connectivity index (χ1n) is 4.54. The maximum Gasteiger partial charge on any atom is 0.138 e. The smallest absolute Gasteiger partial charge is 0.138 e. The van der Waals surface area contributed by atoms with E-state index in [1.54, 1.807) is 0 Å². The zero-order valence-corrected chi connectivity index (χ0v) is 8.35. The van der Waals surface area contributed by atoms with Gasteiger partial charge in [0.25, 0.3) is 0 Å². The van der Waals surface area contributed by atoms with Crippen LogP contribution >= 0.6 is 0 Å². The maximum absolute atomic E-state index is 11.5. The van der Waals surface area contributed by atoms with Gasteiger partial charge in [-0.1, -0.05) is 34.6 Å². The standard InChI is InChI=1S/C10H20O/c1-6-8(4)10(11)9(5)7(2)3/h7-9H,6H2,1-5H3. The summed E-state index contributed by atoms with van der Waals surface area (Å²) in [5.41, 5.74) is 0. The molecule has 0 rings (SSSR count). The summed E-state index contributed by atoms with van der Waals surface area (Å²) in [4.78, 5) is 11.5. The summed E-state index contributed by atoms with van der Waals surface area (Å²) in [5, 5.41) is 0. The molecule has 11 heavy (non-hydrogen) atoms. The lowest BCUT2D eigenvalue weighted by Crippen LogP contribution is -2.22. The number of carbonyl (C=O) groups is 1. The monoisotopic (exact) mass is 156 g/mol. The topological polar surface area (TPSA) is 17.1 Å². The number of carbonyl (C=O) groups excluding carboxylic acids is 1. The van der Waals surface area contributed by atoms with Crippen molar-refractivity contribution in [1.82, 2.24) is 0 Å². The molecule has 0 aromatic rings. The van der Waals surface area contributed by atoms with Crippen LogP contribution in [0.25, 0.3) is 0 Å². The molecule has 0 saturated carbocycles. The van der Waals surface area contributed by atoms with Crippen molar-refractivity contribution in [3.8, 4) is 0 Å². The van der Waals surface area contributed by atoms with Crippen LogP contribution in [0.5, 0.6) is 0 Å². The third-order valence-electron chi connectivity index (χ3n) is 2.55. The Morgan fingerprint density at radius 3 is 1.91 bits per heavy atom. The normalized spacial score (nSPS) is 16.5. The number of hydrogen-bond acceptors (Lipinski definition) is 1. The molecule has 0 N–H and O–H groups in total. The number of hydrogen-bond donors (Lipinski definition) is 0. The molecule has 2 unspecified atom stereocenters. The minimum absolute atomic E-state index is 0.227. The minimum Gasteiger partial charge on any atom is -0.299 e. The highest BCUT2D eigenvalue weighted by Crippen LogP contribution is 2.17. The van der Waals surface area contributed by atoms with Crippen LogP contribution in [-0.4, -0.2) is 5.78 Å². The van der Waals surface area contributed by atoms with Crippen LogP contribution in [0, 0.1) is 17.8 Å². The molecule has 1 heteroatoms. The fourth-order valence-electron chi connectivity index (χ4n) is 0.979. The summed E-state index contributed by atoms with van der Waals surface area (Å²) in [6.45, 7) is 10.3. The van der Waals surface area contributed by atoms with Gasteiger partial charge in [0.15, 0.2) is 0 Å². The van der Waals surface area contributed by atoms with Crippen molar-refractivity contribution in [2.24, 2.45) is 17.8 Å². The van der Waals surface area contributed by atoms with E-state index in [9.17, 15) is 4.79 Å². The molecule has 0 bridgehead atoms. The van der Waals surface area contributed by atoms with E-state index in [2.05, 4.69) is 20.8 Å². The highest BCUT2D eigenvalue weighted by molar-refractivity contribution is 5.82. The van der Waals surface area contributed by atoms with E-state index in [1.807, 2.05) is 13.8 Å². The molecule has 0 aliphatic heterocycles. The van der Waals surface area contributed by atoms with Gasteiger partial charge in [-0.25, -0.2) is 0 Å². The van der Waals surface area contributed by atoms with Crippen molar-refractivity contribution in [3.63, 3.8) is 0 Å². The lowest BCUT2D eigenvalue weighted by atomic mass is 9.86. The lowest BCUT2D eigenvalue weighted by molar-refractivity contribution is -0.127. The molecule has 0 radical (unpaired) electrons. The molecule has 0 heterocycles. The molecule has 2 atom stereocenters. The van der Waals surface area contributed by atoms with E-state index >= 15 is 0 Å². The Hall–Kier alpha value is -0.330. The third-order valence-corrected chi connectivity index (χ3v) is 2.55. The van der Waals surface area contributed by atoms with Crippen LogP contribution in [0.3, 0.4) is 0 Å². The average Bonchev–Trinajstić information content (AvgIpc) is 2.00. The first-order valence-corrected chi connectivity index (χ1v) is 4.54. The van der Waals surface area contributed by atoms with E-state index in [0.717, 1.165) is 6.42 Å². The Kier molecular flexibility index (Phi) is 4.39. The van der Waals surface area contributed by atoms with E-state index in [-0.39, 0.29) is 11.8 Å². The fourth-order valence-corrected chi connectivity index (χ4v) is 0.979. The largest absolute Gasteiger partial charge is 0.299 e. The average molecular weight is 156 g/mol. The van der Waals surface area contributed by atoms with Crippen molar-refractivity contribution in [3.05, 3.63) is 0 Å². The molecule has 0 spiro atoms. The Morgan fingerprint density at radius 1 is 1.18 bits per heavy atom. The predicted molar refractivity (Wildman–Crippen MR) is 48.5 cm³/mol. The molecule has 0 aliphatic carbocycles. The second-order valence-corrected chi connectivity index (χ2v) is 3.74. The molecular weight excluding hydrogens is 136 g/mol. The van der Waals surface area contributed by atoms with E-state index in [4.69, 9.17) is 0 Å². The van der Waals surface area contributed by atoms with Crippen molar-refractivity contribution < 1.29 is 4.79 Å². The van der Waals surface area contributed by atoms with Crippen LogP contribution in [0.1, 0.15) is 41.0 Å². The Morgan fingerprint density at radius 2 is 1.64 bits per heavy atom. The van der Waals surface area contributed by atoms with Gasteiger partial charge < -0.3 is 0 Å². The molecule has 0 aliphatic rings. The van der Waals surface area contributed by atoms with Crippen molar-refractivity contribution in [2.75, 3.05) is 0 Å².